The second-order valence-electron chi connectivity index (χ2n) is 6.57. The molecule has 1 atom stereocenters. The Hall–Kier alpha value is -1.62. The van der Waals surface area contributed by atoms with Gasteiger partial charge in [0.15, 0.2) is 5.25 Å². The van der Waals surface area contributed by atoms with Gasteiger partial charge in [-0.05, 0) is 32.6 Å². The zero-order valence-electron chi connectivity index (χ0n) is 16.0. The minimum Gasteiger partial charge on any atom is -0.211 e. The first-order valence-corrected chi connectivity index (χ1v) is 11.1. The highest BCUT2D eigenvalue weighted by Gasteiger charge is 2.27. The van der Waals surface area contributed by atoms with Crippen molar-refractivity contribution in [2.45, 2.75) is 89.2 Å². The van der Waals surface area contributed by atoms with Crippen molar-refractivity contribution in [2.75, 3.05) is 13.1 Å². The molecule has 6 nitrogen and oxygen atoms in total. The first-order valence-electron chi connectivity index (χ1n) is 9.63. The fraction of sp³-hybridized carbons (Fsp3) is 0.842. The molecule has 146 valence electrons. The smallest absolute Gasteiger partial charge is 0.211 e. The first kappa shape index (κ1) is 24.4. The van der Waals surface area contributed by atoms with Gasteiger partial charge in [-0.3, -0.25) is 0 Å². The van der Waals surface area contributed by atoms with Crippen LogP contribution in [0.15, 0.2) is 0 Å². The Labute approximate surface area is 159 Å². The molecule has 0 aromatic rings. The second-order valence-corrected chi connectivity index (χ2v) is 8.82. The van der Waals surface area contributed by atoms with Crippen molar-refractivity contribution in [3.63, 3.8) is 0 Å². The molecule has 0 aromatic carbocycles. The van der Waals surface area contributed by atoms with Gasteiger partial charge in [0.1, 0.15) is 0 Å². The Morgan fingerprint density at radius 1 is 0.731 bits per heavy atom. The molecule has 0 radical (unpaired) electrons. The number of hydrogen-bond acceptors (Lipinski definition) is 5. The zero-order chi connectivity index (χ0) is 19.7. The van der Waals surface area contributed by atoms with E-state index >= 15 is 0 Å². The summed E-state index contributed by atoms with van der Waals surface area (Å²) in [5, 5.41) is 25.0. The third-order valence-electron chi connectivity index (χ3n) is 4.38. The fourth-order valence-electron chi connectivity index (χ4n) is 2.70. The van der Waals surface area contributed by atoms with E-state index in [1.165, 1.54) is 11.2 Å². The molecule has 7 heteroatoms. The molecule has 0 amide bonds. The zero-order valence-corrected chi connectivity index (χ0v) is 16.8. The third kappa shape index (κ3) is 11.1. The minimum absolute atomic E-state index is 0.459. The summed E-state index contributed by atoms with van der Waals surface area (Å²) < 4.78 is 26.5. The molecule has 0 aromatic heterocycles. The van der Waals surface area contributed by atoms with Crippen molar-refractivity contribution in [3.05, 3.63) is 0 Å². The van der Waals surface area contributed by atoms with Gasteiger partial charge in [0.2, 0.25) is 10.0 Å². The molecule has 0 fully saturated rings. The molecular weight excluding hydrogens is 348 g/mol. The average molecular weight is 381 g/mol. The van der Waals surface area contributed by atoms with Gasteiger partial charge in [0.05, 0.1) is 18.2 Å². The van der Waals surface area contributed by atoms with Crippen molar-refractivity contribution in [1.82, 2.24) is 4.31 Å². The fourth-order valence-corrected chi connectivity index (χ4v) is 4.05. The number of hydrogen-bond donors (Lipinski definition) is 0. The maximum atomic E-state index is 12.5. The Morgan fingerprint density at radius 3 is 1.50 bits per heavy atom. The van der Waals surface area contributed by atoms with Gasteiger partial charge in [-0.15, -0.1) is 0 Å². The van der Waals surface area contributed by atoms with Crippen molar-refractivity contribution < 1.29 is 8.42 Å². The van der Waals surface area contributed by atoms with Crippen molar-refractivity contribution >= 4 is 10.0 Å². The number of nitriles is 3. The van der Waals surface area contributed by atoms with Crippen LogP contribution >= 0.6 is 0 Å². The predicted molar refractivity (Wildman–Crippen MR) is 102 cm³/mol. The summed E-state index contributed by atoms with van der Waals surface area (Å²) in [4.78, 5) is 0. The van der Waals surface area contributed by atoms with Gasteiger partial charge in [-0.1, -0.05) is 38.5 Å². The third-order valence-corrected chi connectivity index (χ3v) is 6.46. The molecule has 0 saturated heterocycles. The van der Waals surface area contributed by atoms with E-state index in [4.69, 9.17) is 15.8 Å². The van der Waals surface area contributed by atoms with Crippen molar-refractivity contribution in [3.8, 4) is 18.2 Å². The van der Waals surface area contributed by atoms with Crippen LogP contribution in [0.5, 0.6) is 0 Å². The Morgan fingerprint density at radius 2 is 1.12 bits per heavy atom. The van der Waals surface area contributed by atoms with Crippen molar-refractivity contribution in [2.24, 2.45) is 0 Å². The minimum atomic E-state index is -3.57. The van der Waals surface area contributed by atoms with Crippen molar-refractivity contribution in [1.29, 1.82) is 15.8 Å². The molecule has 0 aliphatic rings. The quantitative estimate of drug-likeness (QED) is 0.372. The Bertz CT molecular complexity index is 556. The number of sulfonamides is 1. The maximum absolute atomic E-state index is 12.5. The van der Waals surface area contributed by atoms with Gasteiger partial charge in [0.25, 0.3) is 0 Å². The second kappa shape index (κ2) is 15.6. The van der Waals surface area contributed by atoms with Crippen LogP contribution in [-0.2, 0) is 10.0 Å². The Balaban J connectivity index is 4.30. The lowest BCUT2D eigenvalue weighted by molar-refractivity contribution is 0.382. The lowest BCUT2D eigenvalue weighted by Gasteiger charge is -2.23. The molecule has 0 heterocycles. The SMILES string of the molecule is CC(C#N)S(=O)(=O)N(CCCCCCCC#N)CCCCCCCC#N. The number of nitrogens with zero attached hydrogens (tertiary/aromatic N) is 4. The topological polar surface area (TPSA) is 109 Å². The van der Waals surface area contributed by atoms with E-state index in [9.17, 15) is 8.42 Å². The van der Waals surface area contributed by atoms with Crippen LogP contribution in [0, 0.1) is 34.0 Å². The maximum Gasteiger partial charge on any atom is 0.230 e. The van der Waals surface area contributed by atoms with Gasteiger partial charge >= 0.3 is 0 Å². The van der Waals surface area contributed by atoms with E-state index in [1.807, 2.05) is 6.07 Å². The van der Waals surface area contributed by atoms with Gasteiger partial charge < -0.3 is 0 Å². The number of rotatable bonds is 16. The summed E-state index contributed by atoms with van der Waals surface area (Å²) >= 11 is 0. The molecule has 0 N–H and O–H groups in total. The largest absolute Gasteiger partial charge is 0.230 e. The normalized spacial score (nSPS) is 12.3. The predicted octanol–water partition coefficient (Wildman–Crippen LogP) is 4.26. The lowest BCUT2D eigenvalue weighted by atomic mass is 10.1. The van der Waals surface area contributed by atoms with Crippen LogP contribution in [-0.4, -0.2) is 31.1 Å². The highest BCUT2D eigenvalue weighted by Crippen LogP contribution is 2.14. The Kier molecular flexibility index (Phi) is 14.6. The highest BCUT2D eigenvalue weighted by atomic mass is 32.2. The van der Waals surface area contributed by atoms with Crippen LogP contribution < -0.4 is 0 Å². The summed E-state index contributed by atoms with van der Waals surface area (Å²) in [7, 11) is -3.57. The lowest BCUT2D eigenvalue weighted by Crippen LogP contribution is -2.38. The van der Waals surface area contributed by atoms with Gasteiger partial charge in [-0.25, -0.2) is 12.7 Å². The molecule has 0 rings (SSSR count). The van der Waals surface area contributed by atoms with Crippen LogP contribution in [0.3, 0.4) is 0 Å². The van der Waals surface area contributed by atoms with E-state index in [1.54, 1.807) is 0 Å². The summed E-state index contributed by atoms with van der Waals surface area (Å²) in [5.74, 6) is 0. The van der Waals surface area contributed by atoms with Crippen LogP contribution in [0.1, 0.15) is 84.0 Å². The molecule has 0 saturated carbocycles. The molecule has 26 heavy (non-hydrogen) atoms. The molecule has 0 aliphatic heterocycles. The molecule has 0 aliphatic carbocycles. The van der Waals surface area contributed by atoms with E-state index < -0.39 is 15.3 Å². The molecule has 1 unspecified atom stereocenters. The summed E-state index contributed by atoms with van der Waals surface area (Å²) in [6, 6.07) is 6.10. The van der Waals surface area contributed by atoms with E-state index in [0.717, 1.165) is 64.2 Å². The van der Waals surface area contributed by atoms with E-state index in [-0.39, 0.29) is 0 Å². The van der Waals surface area contributed by atoms with E-state index in [2.05, 4.69) is 12.1 Å². The van der Waals surface area contributed by atoms with Crippen LogP contribution in [0.2, 0.25) is 0 Å². The molecule has 0 bridgehead atoms. The monoisotopic (exact) mass is 380 g/mol. The van der Waals surface area contributed by atoms with Gasteiger partial charge in [-0.2, -0.15) is 15.8 Å². The van der Waals surface area contributed by atoms with Crippen LogP contribution in [0.4, 0.5) is 0 Å². The van der Waals surface area contributed by atoms with Gasteiger partial charge in [0, 0.05) is 25.9 Å². The highest BCUT2D eigenvalue weighted by molar-refractivity contribution is 7.89. The number of unbranched alkanes of at least 4 members (excludes halogenated alkanes) is 10. The van der Waals surface area contributed by atoms with Crippen LogP contribution in [0.25, 0.3) is 0 Å². The summed E-state index contributed by atoms with van der Waals surface area (Å²) in [6.45, 7) is 2.36. The first-order chi connectivity index (χ1) is 12.5. The average Bonchev–Trinajstić information content (AvgIpc) is 2.63. The molecule has 0 spiro atoms. The summed E-state index contributed by atoms with van der Waals surface area (Å²) in [5.41, 5.74) is 0. The standard InChI is InChI=1S/C19H32N4O2S/c1-19(18-22)26(24,25)23(16-12-8-4-2-6-10-14-20)17-13-9-5-3-7-11-15-21/h19H,2-13,16-17H2,1H3. The molecular formula is C19H32N4O2S. The summed E-state index contributed by atoms with van der Waals surface area (Å²) in [6.07, 6.45) is 10.4. The van der Waals surface area contributed by atoms with E-state index in [0.29, 0.717) is 25.9 Å².